The number of ether oxygens (including phenoxy) is 2. The third kappa shape index (κ3) is 3.02. The van der Waals surface area contributed by atoms with Gasteiger partial charge in [0.1, 0.15) is 17.1 Å². The van der Waals surface area contributed by atoms with E-state index in [0.717, 1.165) is 12.8 Å². The molecule has 1 heterocycles. The van der Waals surface area contributed by atoms with Gasteiger partial charge in [-0.05, 0) is 25.3 Å². The van der Waals surface area contributed by atoms with Crippen molar-refractivity contribution in [3.05, 3.63) is 33.7 Å². The highest BCUT2D eigenvalue weighted by molar-refractivity contribution is 5.90. The Bertz CT molecular complexity index is 820. The smallest absolute Gasteiger partial charge is 0.340 e. The van der Waals surface area contributed by atoms with Crippen LogP contribution in [0, 0.1) is 6.92 Å². The molecule has 0 spiro atoms. The van der Waals surface area contributed by atoms with Crippen molar-refractivity contribution >= 4 is 16.9 Å². The van der Waals surface area contributed by atoms with Crippen LogP contribution in [0.5, 0.6) is 11.5 Å². The van der Waals surface area contributed by atoms with Crippen LogP contribution in [0.2, 0.25) is 0 Å². The summed E-state index contributed by atoms with van der Waals surface area (Å²) < 4.78 is 16.0. The van der Waals surface area contributed by atoms with Crippen molar-refractivity contribution in [3.63, 3.8) is 0 Å². The molecule has 1 fully saturated rings. The molecule has 1 amide bonds. The summed E-state index contributed by atoms with van der Waals surface area (Å²) in [4.78, 5) is 24.3. The molecule has 1 aromatic heterocycles. The van der Waals surface area contributed by atoms with Crippen LogP contribution < -0.4 is 20.4 Å². The van der Waals surface area contributed by atoms with Gasteiger partial charge in [0.25, 0.3) is 0 Å². The number of nitrogens with one attached hydrogen (secondary N) is 1. The number of carbonyl (C=O) groups excluding carboxylic acids is 1. The van der Waals surface area contributed by atoms with Gasteiger partial charge in [0, 0.05) is 18.2 Å². The molecule has 0 aliphatic heterocycles. The minimum absolute atomic E-state index is 0.00971. The lowest BCUT2D eigenvalue weighted by Crippen LogP contribution is -2.29. The summed E-state index contributed by atoms with van der Waals surface area (Å²) in [6.45, 7) is 1.80. The Hall–Kier alpha value is -2.50. The number of hydrogen-bond acceptors (Lipinski definition) is 5. The molecule has 2 aromatic rings. The lowest BCUT2D eigenvalue weighted by Gasteiger charge is -2.12. The maximum Gasteiger partial charge on any atom is 0.340 e. The first-order chi connectivity index (χ1) is 11.0. The first kappa shape index (κ1) is 15.4. The van der Waals surface area contributed by atoms with Gasteiger partial charge < -0.3 is 19.2 Å². The quantitative estimate of drug-likeness (QED) is 0.853. The maximum atomic E-state index is 12.3. The van der Waals surface area contributed by atoms with Crippen molar-refractivity contribution in [1.29, 1.82) is 0 Å². The molecule has 1 N–H and O–H groups in total. The van der Waals surface area contributed by atoms with Gasteiger partial charge in [0.2, 0.25) is 5.91 Å². The molecule has 1 aliphatic carbocycles. The summed E-state index contributed by atoms with van der Waals surface area (Å²) in [6.07, 6.45) is 2.02. The highest BCUT2D eigenvalue weighted by atomic mass is 16.5. The first-order valence-corrected chi connectivity index (χ1v) is 7.51. The molecule has 1 aliphatic rings. The predicted octanol–water partition coefficient (Wildman–Crippen LogP) is 1.94. The minimum atomic E-state index is -0.503. The number of rotatable bonds is 5. The molecule has 122 valence electrons. The van der Waals surface area contributed by atoms with Gasteiger partial charge in [-0.3, -0.25) is 4.79 Å². The van der Waals surface area contributed by atoms with Crippen molar-refractivity contribution < 1.29 is 18.7 Å². The third-order valence-electron chi connectivity index (χ3n) is 4.05. The first-order valence-electron chi connectivity index (χ1n) is 7.51. The molecule has 1 saturated carbocycles. The van der Waals surface area contributed by atoms with E-state index in [1.165, 1.54) is 14.2 Å². The predicted molar refractivity (Wildman–Crippen MR) is 85.2 cm³/mol. The molecule has 6 nitrogen and oxygen atoms in total. The molecular formula is C17H19NO5. The molecule has 1 aromatic carbocycles. The fourth-order valence-electron chi connectivity index (χ4n) is 2.63. The van der Waals surface area contributed by atoms with Crippen LogP contribution in [0.4, 0.5) is 0 Å². The van der Waals surface area contributed by atoms with Crippen LogP contribution in [0.15, 0.2) is 21.3 Å². The largest absolute Gasteiger partial charge is 0.496 e. The van der Waals surface area contributed by atoms with Crippen molar-refractivity contribution in [3.8, 4) is 11.5 Å². The molecule has 23 heavy (non-hydrogen) atoms. The van der Waals surface area contributed by atoms with Crippen LogP contribution in [0.1, 0.15) is 24.0 Å². The lowest BCUT2D eigenvalue weighted by atomic mass is 10.0. The topological polar surface area (TPSA) is 77.8 Å². The molecule has 0 unspecified atom stereocenters. The molecule has 0 atom stereocenters. The second-order valence-corrected chi connectivity index (χ2v) is 5.71. The monoisotopic (exact) mass is 317 g/mol. The zero-order valence-electron chi connectivity index (χ0n) is 13.4. The van der Waals surface area contributed by atoms with E-state index in [1.54, 1.807) is 19.1 Å². The van der Waals surface area contributed by atoms with Crippen LogP contribution in [-0.2, 0) is 11.2 Å². The van der Waals surface area contributed by atoms with E-state index < -0.39 is 5.63 Å². The van der Waals surface area contributed by atoms with E-state index in [4.69, 9.17) is 13.9 Å². The lowest BCUT2D eigenvalue weighted by molar-refractivity contribution is -0.120. The summed E-state index contributed by atoms with van der Waals surface area (Å²) in [5, 5.41) is 3.56. The van der Waals surface area contributed by atoms with Gasteiger partial charge in [-0.2, -0.15) is 0 Å². The van der Waals surface area contributed by atoms with Crippen molar-refractivity contribution in [2.75, 3.05) is 14.2 Å². The average molecular weight is 317 g/mol. The molecule has 0 bridgehead atoms. The number of fused-ring (bicyclic) bond motifs is 1. The molecule has 0 radical (unpaired) electrons. The SMILES string of the molecule is COc1cc(OC)c2c(C)c(CC(=O)NC3CC3)c(=O)oc2c1. The number of hydrogen-bond donors (Lipinski definition) is 1. The van der Waals surface area contributed by atoms with E-state index in [9.17, 15) is 9.59 Å². The highest BCUT2D eigenvalue weighted by Gasteiger charge is 2.25. The van der Waals surface area contributed by atoms with E-state index >= 15 is 0 Å². The average Bonchev–Trinajstić information content (AvgIpc) is 3.33. The zero-order chi connectivity index (χ0) is 16.6. The Morgan fingerprint density at radius 1 is 1.30 bits per heavy atom. The summed E-state index contributed by atoms with van der Waals surface area (Å²) in [7, 11) is 3.07. The fraction of sp³-hybridized carbons (Fsp3) is 0.412. The van der Waals surface area contributed by atoms with Crippen molar-refractivity contribution in [1.82, 2.24) is 5.32 Å². The number of carbonyl (C=O) groups is 1. The molecular weight excluding hydrogens is 298 g/mol. The van der Waals surface area contributed by atoms with Crippen molar-refractivity contribution in [2.45, 2.75) is 32.2 Å². The Morgan fingerprint density at radius 3 is 2.65 bits per heavy atom. The summed E-state index contributed by atoms with van der Waals surface area (Å²) in [5.74, 6) is 0.926. The van der Waals surface area contributed by atoms with Gasteiger partial charge in [0.05, 0.1) is 31.6 Å². The van der Waals surface area contributed by atoms with E-state index in [0.29, 0.717) is 33.6 Å². The summed E-state index contributed by atoms with van der Waals surface area (Å²) in [6, 6.07) is 3.62. The summed E-state index contributed by atoms with van der Waals surface area (Å²) in [5.41, 5.74) is 0.937. The van der Waals surface area contributed by atoms with Crippen LogP contribution in [0.25, 0.3) is 11.0 Å². The van der Waals surface area contributed by atoms with Gasteiger partial charge in [-0.25, -0.2) is 4.79 Å². The highest BCUT2D eigenvalue weighted by Crippen LogP contribution is 2.33. The second kappa shape index (κ2) is 5.95. The number of amides is 1. The number of methoxy groups -OCH3 is 2. The van der Waals surface area contributed by atoms with Gasteiger partial charge in [-0.1, -0.05) is 0 Å². The minimum Gasteiger partial charge on any atom is -0.496 e. The standard InChI is InChI=1S/C17H19NO5/c1-9-12(8-15(19)18-10-4-5-10)17(20)23-14-7-11(21-2)6-13(22-3)16(9)14/h6-7,10H,4-5,8H2,1-3H3,(H,18,19). The summed E-state index contributed by atoms with van der Waals surface area (Å²) >= 11 is 0. The Morgan fingerprint density at radius 2 is 2.04 bits per heavy atom. The maximum absolute atomic E-state index is 12.3. The molecule has 0 saturated heterocycles. The van der Waals surface area contributed by atoms with Crippen LogP contribution >= 0.6 is 0 Å². The Balaban J connectivity index is 2.08. The van der Waals surface area contributed by atoms with Gasteiger partial charge in [-0.15, -0.1) is 0 Å². The number of aryl methyl sites for hydroxylation is 1. The van der Waals surface area contributed by atoms with Crippen LogP contribution in [0.3, 0.4) is 0 Å². The number of benzene rings is 1. The van der Waals surface area contributed by atoms with E-state index in [2.05, 4.69) is 5.32 Å². The third-order valence-corrected chi connectivity index (χ3v) is 4.05. The van der Waals surface area contributed by atoms with Gasteiger partial charge >= 0.3 is 5.63 Å². The second-order valence-electron chi connectivity index (χ2n) is 5.71. The zero-order valence-corrected chi connectivity index (χ0v) is 13.4. The Labute approximate surface area is 133 Å². The van der Waals surface area contributed by atoms with E-state index in [-0.39, 0.29) is 18.4 Å². The molecule has 6 heteroatoms. The fourth-order valence-corrected chi connectivity index (χ4v) is 2.63. The Kier molecular flexibility index (Phi) is 3.98. The van der Waals surface area contributed by atoms with Crippen LogP contribution in [-0.4, -0.2) is 26.2 Å². The normalized spacial score (nSPS) is 13.9. The van der Waals surface area contributed by atoms with Gasteiger partial charge in [0.15, 0.2) is 0 Å². The van der Waals surface area contributed by atoms with Crippen molar-refractivity contribution in [2.24, 2.45) is 0 Å². The van der Waals surface area contributed by atoms with E-state index in [1.807, 2.05) is 0 Å². The molecule has 3 rings (SSSR count).